The van der Waals surface area contributed by atoms with Crippen LogP contribution in [0.2, 0.25) is 0 Å². The number of aromatic nitrogens is 4. The van der Waals surface area contributed by atoms with E-state index in [0.29, 0.717) is 6.04 Å². The van der Waals surface area contributed by atoms with Gasteiger partial charge in [0.2, 0.25) is 0 Å². The first-order chi connectivity index (χ1) is 10.4. The molecule has 1 saturated carbocycles. The number of nitrogens with zero attached hydrogens (tertiary/aromatic N) is 4. The van der Waals surface area contributed by atoms with Crippen molar-refractivity contribution in [3.63, 3.8) is 0 Å². The van der Waals surface area contributed by atoms with Crippen LogP contribution >= 0.6 is 0 Å². The molecule has 5 nitrogen and oxygen atoms in total. The lowest BCUT2D eigenvalue weighted by atomic mass is 9.84. The maximum atomic E-state index is 4.15. The van der Waals surface area contributed by atoms with Crippen molar-refractivity contribution in [2.24, 2.45) is 5.92 Å². The molecular weight excluding hydrogens is 262 g/mol. The van der Waals surface area contributed by atoms with E-state index in [9.17, 15) is 0 Å². The van der Waals surface area contributed by atoms with Crippen molar-refractivity contribution in [3.05, 3.63) is 36.2 Å². The van der Waals surface area contributed by atoms with E-state index >= 15 is 0 Å². The predicted molar refractivity (Wildman–Crippen MR) is 82.0 cm³/mol. The third-order valence-electron chi connectivity index (χ3n) is 4.51. The Morgan fingerprint density at radius 3 is 2.62 bits per heavy atom. The van der Waals surface area contributed by atoms with E-state index < -0.39 is 0 Å². The molecule has 1 aromatic carbocycles. The molecule has 3 rings (SSSR count). The highest BCUT2D eigenvalue weighted by molar-refractivity contribution is 5.30. The maximum absolute atomic E-state index is 4.15. The number of benzene rings is 1. The van der Waals surface area contributed by atoms with Gasteiger partial charge in [0.15, 0.2) is 5.82 Å². The molecule has 1 aromatic heterocycles. The minimum absolute atomic E-state index is 0.605. The molecule has 0 saturated heterocycles. The molecule has 1 aliphatic carbocycles. The van der Waals surface area contributed by atoms with Crippen LogP contribution in [0.3, 0.4) is 0 Å². The van der Waals surface area contributed by atoms with Gasteiger partial charge < -0.3 is 5.32 Å². The molecule has 0 aliphatic heterocycles. The number of para-hydroxylation sites is 1. The minimum atomic E-state index is 0.605. The Labute approximate surface area is 125 Å². The molecule has 2 aromatic rings. The number of hydrogen-bond acceptors (Lipinski definition) is 4. The van der Waals surface area contributed by atoms with Crippen LogP contribution in [0, 0.1) is 5.92 Å². The second kappa shape index (κ2) is 6.80. The van der Waals surface area contributed by atoms with Gasteiger partial charge in [0.1, 0.15) is 0 Å². The van der Waals surface area contributed by atoms with Crippen molar-refractivity contribution in [1.29, 1.82) is 0 Å². The molecule has 1 heterocycles. The zero-order valence-corrected chi connectivity index (χ0v) is 12.6. The molecular formula is C16H23N5. The van der Waals surface area contributed by atoms with Crippen LogP contribution in [0.1, 0.15) is 44.9 Å². The first-order valence-electron chi connectivity index (χ1n) is 7.93. The van der Waals surface area contributed by atoms with Gasteiger partial charge in [-0.15, -0.1) is 5.10 Å². The number of rotatable bonds is 5. The Bertz CT molecular complexity index is 543. The van der Waals surface area contributed by atoms with Crippen LogP contribution in [0.5, 0.6) is 0 Å². The first-order valence-corrected chi connectivity index (χ1v) is 7.93. The minimum Gasteiger partial charge on any atom is -0.307 e. The van der Waals surface area contributed by atoms with Gasteiger partial charge in [0.05, 0.1) is 12.2 Å². The van der Waals surface area contributed by atoms with Crippen LogP contribution < -0.4 is 5.32 Å². The van der Waals surface area contributed by atoms with Gasteiger partial charge >= 0.3 is 0 Å². The summed E-state index contributed by atoms with van der Waals surface area (Å²) in [5.41, 5.74) is 1.01. The molecule has 1 N–H and O–H groups in total. The van der Waals surface area contributed by atoms with Crippen molar-refractivity contribution in [1.82, 2.24) is 25.5 Å². The van der Waals surface area contributed by atoms with Crippen molar-refractivity contribution in [2.75, 3.05) is 0 Å². The summed E-state index contributed by atoms with van der Waals surface area (Å²) in [6.07, 6.45) is 6.55. The summed E-state index contributed by atoms with van der Waals surface area (Å²) in [6, 6.07) is 10.6. The zero-order valence-electron chi connectivity index (χ0n) is 12.6. The Kier molecular flexibility index (Phi) is 4.60. The Hall–Kier alpha value is -1.75. The van der Waals surface area contributed by atoms with Gasteiger partial charge in [-0.25, -0.2) is 0 Å². The smallest absolute Gasteiger partial charge is 0.170 e. The van der Waals surface area contributed by atoms with Gasteiger partial charge in [0, 0.05) is 6.04 Å². The molecule has 21 heavy (non-hydrogen) atoms. The third-order valence-corrected chi connectivity index (χ3v) is 4.51. The number of hydrogen-bond donors (Lipinski definition) is 1. The van der Waals surface area contributed by atoms with Crippen LogP contribution in [0.15, 0.2) is 30.3 Å². The summed E-state index contributed by atoms with van der Waals surface area (Å²) >= 11 is 0. The summed E-state index contributed by atoms with van der Waals surface area (Å²) in [5, 5.41) is 15.7. The summed E-state index contributed by atoms with van der Waals surface area (Å²) in [4.78, 5) is 0. The summed E-state index contributed by atoms with van der Waals surface area (Å²) in [6.45, 7) is 3.02. The summed E-state index contributed by atoms with van der Waals surface area (Å²) in [5.74, 6) is 1.80. The molecule has 0 bridgehead atoms. The van der Waals surface area contributed by atoms with Gasteiger partial charge in [-0.2, -0.15) is 4.68 Å². The molecule has 0 unspecified atom stereocenters. The fourth-order valence-electron chi connectivity index (χ4n) is 3.10. The second-order valence-corrected chi connectivity index (χ2v) is 5.85. The van der Waals surface area contributed by atoms with Crippen LogP contribution in [0.25, 0.3) is 5.69 Å². The average Bonchev–Trinajstić information content (AvgIpc) is 3.03. The van der Waals surface area contributed by atoms with Gasteiger partial charge in [-0.05, 0) is 54.2 Å². The summed E-state index contributed by atoms with van der Waals surface area (Å²) in [7, 11) is 0. The van der Waals surface area contributed by atoms with Gasteiger partial charge in [0.25, 0.3) is 0 Å². The topological polar surface area (TPSA) is 55.6 Å². The largest absolute Gasteiger partial charge is 0.307 e. The second-order valence-electron chi connectivity index (χ2n) is 5.85. The highest BCUT2D eigenvalue weighted by Crippen LogP contribution is 2.26. The van der Waals surface area contributed by atoms with E-state index in [0.717, 1.165) is 24.0 Å². The molecule has 0 spiro atoms. The van der Waals surface area contributed by atoms with Crippen molar-refractivity contribution in [2.45, 2.75) is 51.6 Å². The van der Waals surface area contributed by atoms with Crippen LogP contribution in [0.4, 0.5) is 0 Å². The average molecular weight is 285 g/mol. The first kappa shape index (κ1) is 14.2. The lowest BCUT2D eigenvalue weighted by molar-refractivity contribution is 0.283. The van der Waals surface area contributed by atoms with Crippen LogP contribution in [-0.2, 0) is 6.54 Å². The fourth-order valence-corrected chi connectivity index (χ4v) is 3.10. The van der Waals surface area contributed by atoms with E-state index in [-0.39, 0.29) is 0 Å². The molecule has 0 amide bonds. The predicted octanol–water partition coefficient (Wildman–Crippen LogP) is 2.72. The lowest BCUT2D eigenvalue weighted by Crippen LogP contribution is -2.33. The highest BCUT2D eigenvalue weighted by Gasteiger charge is 2.20. The highest BCUT2D eigenvalue weighted by atomic mass is 15.5. The van der Waals surface area contributed by atoms with E-state index in [4.69, 9.17) is 0 Å². The Balaban J connectivity index is 1.58. The van der Waals surface area contributed by atoms with E-state index in [1.54, 1.807) is 0 Å². The molecule has 0 radical (unpaired) electrons. The quantitative estimate of drug-likeness (QED) is 0.917. The van der Waals surface area contributed by atoms with E-state index in [1.165, 1.54) is 32.1 Å². The molecule has 5 heteroatoms. The Morgan fingerprint density at radius 1 is 1.14 bits per heavy atom. The van der Waals surface area contributed by atoms with Crippen LogP contribution in [-0.4, -0.2) is 26.2 Å². The molecule has 1 fully saturated rings. The lowest BCUT2D eigenvalue weighted by Gasteiger charge is -2.28. The van der Waals surface area contributed by atoms with Crippen molar-refractivity contribution < 1.29 is 0 Å². The SMILES string of the molecule is CCC1CCC(NCc2nnnn2-c2ccccc2)CC1. The van der Waals surface area contributed by atoms with Crippen molar-refractivity contribution >= 4 is 0 Å². The summed E-state index contributed by atoms with van der Waals surface area (Å²) < 4.78 is 1.81. The monoisotopic (exact) mass is 285 g/mol. The van der Waals surface area contributed by atoms with E-state index in [2.05, 4.69) is 27.8 Å². The molecule has 1 aliphatic rings. The van der Waals surface area contributed by atoms with Gasteiger partial charge in [-0.1, -0.05) is 31.5 Å². The zero-order chi connectivity index (χ0) is 14.5. The number of tetrazole rings is 1. The van der Waals surface area contributed by atoms with Crippen molar-refractivity contribution in [3.8, 4) is 5.69 Å². The Morgan fingerprint density at radius 2 is 1.90 bits per heavy atom. The standard InChI is InChI=1S/C16H23N5/c1-2-13-8-10-14(11-9-13)17-12-16-18-19-20-21(16)15-6-4-3-5-7-15/h3-7,13-14,17H,2,8-12H2,1H3. The third kappa shape index (κ3) is 3.47. The fraction of sp³-hybridized carbons (Fsp3) is 0.562. The normalized spacial score (nSPS) is 22.3. The van der Waals surface area contributed by atoms with Gasteiger partial charge in [-0.3, -0.25) is 0 Å². The number of nitrogens with one attached hydrogen (secondary N) is 1. The molecule has 0 atom stereocenters. The molecule has 112 valence electrons. The maximum Gasteiger partial charge on any atom is 0.170 e. The van der Waals surface area contributed by atoms with E-state index in [1.807, 2.05) is 35.0 Å².